The molecule has 1 aliphatic heterocycles. The average molecular weight is 420 g/mol. The first-order valence-corrected chi connectivity index (χ1v) is 12.1. The predicted octanol–water partition coefficient (Wildman–Crippen LogP) is 5.93. The number of hydrogen-bond acceptors (Lipinski definition) is 2. The van der Waals surface area contributed by atoms with Gasteiger partial charge in [0.25, 0.3) is 0 Å². The predicted molar refractivity (Wildman–Crippen MR) is 108 cm³/mol. The number of rotatable bonds is 4. The maximum absolute atomic E-state index is 9.75. The van der Waals surface area contributed by atoms with E-state index in [0.717, 1.165) is 24.5 Å². The van der Waals surface area contributed by atoms with E-state index in [4.69, 9.17) is 9.47 Å². The van der Waals surface area contributed by atoms with Gasteiger partial charge in [-0.25, -0.2) is 0 Å². The fraction of sp³-hybridized carbons (Fsp3) is 0.700. The van der Waals surface area contributed by atoms with Crippen molar-refractivity contribution in [1.82, 2.24) is 0 Å². The summed E-state index contributed by atoms with van der Waals surface area (Å²) < 4.78 is 51.1. The molecule has 28 heavy (non-hydrogen) atoms. The maximum Gasteiger partial charge on any atom is 0.673 e. The zero-order chi connectivity index (χ0) is 20.2. The molecule has 1 aromatic carbocycles. The molecule has 0 unspecified atom stereocenters. The summed E-state index contributed by atoms with van der Waals surface area (Å²) in [5.74, 6) is -0.510. The molecule has 1 saturated heterocycles. The Hall–Kier alpha value is -0.645. The van der Waals surface area contributed by atoms with E-state index < -0.39 is 21.0 Å². The van der Waals surface area contributed by atoms with Gasteiger partial charge in [-0.1, -0.05) is 12.1 Å². The van der Waals surface area contributed by atoms with Crippen molar-refractivity contribution >= 4 is 20.5 Å². The molecule has 0 spiro atoms. The summed E-state index contributed by atoms with van der Waals surface area (Å²) in [7, 11) is -6.54. The Kier molecular flexibility index (Phi) is 7.44. The second-order valence-electron chi connectivity index (χ2n) is 8.10. The molecule has 2 saturated carbocycles. The second-order valence-corrected chi connectivity index (χ2v) is 11.2. The normalized spacial score (nSPS) is 23.2. The van der Waals surface area contributed by atoms with Gasteiger partial charge in [0.1, 0.15) is 5.30 Å². The van der Waals surface area contributed by atoms with E-state index in [0.29, 0.717) is 0 Å². The summed E-state index contributed by atoms with van der Waals surface area (Å²) in [6.07, 6.45) is 11.6. The van der Waals surface area contributed by atoms with Crippen molar-refractivity contribution < 1.29 is 26.7 Å². The molecule has 3 aliphatic rings. The standard InChI is InChI=1S/C20H29O2P.BF4/c1-20(21-14-15-22-20)18-12-6-7-13-19(18)23(16-8-2-3-9-16)17-10-4-5-11-17;2-1(3,4)5/h6-7,12-13,16-17H,2-5,8-11,14-15H2,1H3;/q;-1/p+1. The summed E-state index contributed by atoms with van der Waals surface area (Å²) in [6.45, 7) is 3.57. The van der Waals surface area contributed by atoms with Crippen LogP contribution in [0.5, 0.6) is 0 Å². The Morgan fingerprint density at radius 2 is 1.29 bits per heavy atom. The molecule has 0 N–H and O–H groups in total. The number of halogens is 4. The molecule has 2 nitrogen and oxygen atoms in total. The van der Waals surface area contributed by atoms with Gasteiger partial charge in [0.05, 0.1) is 30.1 Å². The monoisotopic (exact) mass is 420 g/mol. The van der Waals surface area contributed by atoms with Gasteiger partial charge in [0.2, 0.25) is 0 Å². The van der Waals surface area contributed by atoms with Crippen LogP contribution in [-0.4, -0.2) is 31.8 Å². The first-order chi connectivity index (χ1) is 13.3. The molecule has 0 amide bonds. The van der Waals surface area contributed by atoms with Crippen LogP contribution in [0.2, 0.25) is 0 Å². The van der Waals surface area contributed by atoms with Gasteiger partial charge < -0.3 is 26.7 Å². The molecular formula is C20H30BF4O2P. The Labute approximate surface area is 166 Å². The van der Waals surface area contributed by atoms with Gasteiger partial charge in [-0.15, -0.1) is 0 Å². The highest BCUT2D eigenvalue weighted by Crippen LogP contribution is 2.57. The van der Waals surface area contributed by atoms with E-state index in [1.54, 1.807) is 5.30 Å². The molecule has 0 aromatic heterocycles. The van der Waals surface area contributed by atoms with Crippen LogP contribution < -0.4 is 5.30 Å². The average Bonchev–Trinajstić information content (AvgIpc) is 3.37. The van der Waals surface area contributed by atoms with E-state index in [1.165, 1.54) is 56.9 Å². The van der Waals surface area contributed by atoms with Gasteiger partial charge in [0, 0.05) is 7.92 Å². The van der Waals surface area contributed by atoms with Crippen LogP contribution in [0.1, 0.15) is 63.9 Å². The van der Waals surface area contributed by atoms with Crippen molar-refractivity contribution in [3.05, 3.63) is 29.8 Å². The van der Waals surface area contributed by atoms with E-state index >= 15 is 0 Å². The van der Waals surface area contributed by atoms with Crippen molar-refractivity contribution in [3.63, 3.8) is 0 Å². The summed E-state index contributed by atoms with van der Waals surface area (Å²) in [6, 6.07) is 9.09. The third-order valence-electron chi connectivity index (χ3n) is 6.16. The van der Waals surface area contributed by atoms with Crippen LogP contribution in [0.15, 0.2) is 24.3 Å². The third kappa shape index (κ3) is 5.70. The summed E-state index contributed by atoms with van der Waals surface area (Å²) in [5.41, 5.74) is 3.27. The molecule has 0 bridgehead atoms. The van der Waals surface area contributed by atoms with Crippen molar-refractivity contribution in [1.29, 1.82) is 0 Å². The fourth-order valence-electron chi connectivity index (χ4n) is 5.05. The molecule has 2 aliphatic carbocycles. The van der Waals surface area contributed by atoms with E-state index in [2.05, 4.69) is 31.2 Å². The number of hydrogen-bond donors (Lipinski definition) is 0. The molecule has 158 valence electrons. The highest BCUT2D eigenvalue weighted by Gasteiger charge is 2.45. The lowest BCUT2D eigenvalue weighted by molar-refractivity contribution is -0.149. The molecule has 3 fully saturated rings. The van der Waals surface area contributed by atoms with Crippen LogP contribution in [0.4, 0.5) is 17.3 Å². The van der Waals surface area contributed by atoms with Gasteiger partial charge >= 0.3 is 7.25 Å². The Bertz CT molecular complexity index is 603. The van der Waals surface area contributed by atoms with Crippen molar-refractivity contribution in [2.75, 3.05) is 13.2 Å². The fourth-order valence-corrected chi connectivity index (χ4v) is 9.56. The minimum Gasteiger partial charge on any atom is -0.418 e. The topological polar surface area (TPSA) is 18.5 Å². The Balaban J connectivity index is 0.000000403. The van der Waals surface area contributed by atoms with E-state index in [-0.39, 0.29) is 0 Å². The van der Waals surface area contributed by atoms with Gasteiger partial charge in [-0.3, -0.25) is 0 Å². The van der Waals surface area contributed by atoms with Crippen molar-refractivity contribution in [2.45, 2.75) is 75.4 Å². The highest BCUT2D eigenvalue weighted by molar-refractivity contribution is 7.67. The van der Waals surface area contributed by atoms with Crippen LogP contribution in [-0.2, 0) is 15.3 Å². The first-order valence-electron chi connectivity index (χ1n) is 10.4. The minimum atomic E-state index is -6.00. The highest BCUT2D eigenvalue weighted by atomic mass is 31.1. The Morgan fingerprint density at radius 3 is 1.75 bits per heavy atom. The lowest BCUT2D eigenvalue weighted by Crippen LogP contribution is -2.32. The summed E-state index contributed by atoms with van der Waals surface area (Å²) in [5, 5.41) is 1.63. The van der Waals surface area contributed by atoms with E-state index in [9.17, 15) is 17.3 Å². The molecule has 0 atom stereocenters. The third-order valence-corrected chi connectivity index (χ3v) is 10.1. The zero-order valence-electron chi connectivity index (χ0n) is 16.4. The quantitative estimate of drug-likeness (QED) is 0.342. The van der Waals surface area contributed by atoms with Crippen LogP contribution in [0, 0.1) is 0 Å². The van der Waals surface area contributed by atoms with Crippen LogP contribution >= 0.6 is 7.92 Å². The van der Waals surface area contributed by atoms with Gasteiger partial charge in [-0.05, 0) is 70.4 Å². The van der Waals surface area contributed by atoms with Crippen LogP contribution in [0.3, 0.4) is 0 Å². The SMILES string of the molecule is CC1(c2ccccc2[PH+](C2CCCC2)C2CCCC2)OCCO1.F[B-](F)(F)F. The first kappa shape index (κ1) is 22.0. The molecular weight excluding hydrogens is 390 g/mol. The molecule has 1 aromatic rings. The molecule has 1 heterocycles. The number of ether oxygens (including phenoxy) is 2. The number of benzene rings is 1. The van der Waals surface area contributed by atoms with Crippen molar-refractivity contribution in [3.8, 4) is 0 Å². The van der Waals surface area contributed by atoms with E-state index in [1.807, 2.05) is 0 Å². The van der Waals surface area contributed by atoms with Gasteiger partial charge in [0.15, 0.2) is 5.79 Å². The van der Waals surface area contributed by atoms with Crippen molar-refractivity contribution in [2.24, 2.45) is 0 Å². The van der Waals surface area contributed by atoms with Crippen LogP contribution in [0.25, 0.3) is 0 Å². The lowest BCUT2D eigenvalue weighted by atomic mass is 10.1. The Morgan fingerprint density at radius 1 is 0.857 bits per heavy atom. The molecule has 0 radical (unpaired) electrons. The molecule has 4 rings (SSSR count). The largest absolute Gasteiger partial charge is 0.673 e. The summed E-state index contributed by atoms with van der Waals surface area (Å²) >= 11 is 0. The summed E-state index contributed by atoms with van der Waals surface area (Å²) in [4.78, 5) is 0. The minimum absolute atomic E-state index is 0.510. The zero-order valence-corrected chi connectivity index (χ0v) is 17.4. The smallest absolute Gasteiger partial charge is 0.418 e. The lowest BCUT2D eigenvalue weighted by Gasteiger charge is -2.29. The van der Waals surface area contributed by atoms with Gasteiger partial charge in [-0.2, -0.15) is 0 Å². The second kappa shape index (κ2) is 9.44. The maximum atomic E-state index is 9.75. The molecule has 8 heteroatoms.